The van der Waals surface area contributed by atoms with Gasteiger partial charge in [0.15, 0.2) is 5.96 Å². The highest BCUT2D eigenvalue weighted by Gasteiger charge is 2.66. The van der Waals surface area contributed by atoms with Crippen LogP contribution in [0.3, 0.4) is 0 Å². The molecule has 0 aromatic carbocycles. The van der Waals surface area contributed by atoms with Crippen LogP contribution in [0.1, 0.15) is 38.5 Å². The number of guanidine groups is 1. The number of nitrogens with one attached hydrogen (secondary N) is 1. The van der Waals surface area contributed by atoms with Crippen molar-refractivity contribution in [1.29, 1.82) is 0 Å². The lowest BCUT2D eigenvalue weighted by Gasteiger charge is -2.63. The molecule has 2 heterocycles. The lowest BCUT2D eigenvalue weighted by Crippen LogP contribution is -2.72. The monoisotopic (exact) mass is 279 g/mol. The number of ether oxygens (including phenoxy) is 2. The lowest BCUT2D eigenvalue weighted by atomic mass is 9.46. The van der Waals surface area contributed by atoms with E-state index in [1.165, 1.54) is 25.7 Å². The molecule has 5 nitrogen and oxygen atoms in total. The second kappa shape index (κ2) is 4.88. The average molecular weight is 279 g/mol. The third-order valence-electron chi connectivity index (χ3n) is 5.83. The molecule has 0 radical (unpaired) electrons. The minimum atomic E-state index is 0.275. The molecular weight excluding hydrogens is 254 g/mol. The van der Waals surface area contributed by atoms with Gasteiger partial charge in [-0.2, -0.15) is 0 Å². The molecule has 20 heavy (non-hydrogen) atoms. The molecule has 0 amide bonds. The van der Waals surface area contributed by atoms with Gasteiger partial charge in [0.2, 0.25) is 0 Å². The second-order valence-electron chi connectivity index (χ2n) is 6.81. The second-order valence-corrected chi connectivity index (χ2v) is 6.81. The molecule has 0 bridgehead atoms. The molecule has 4 unspecified atom stereocenters. The van der Waals surface area contributed by atoms with Crippen LogP contribution in [0.15, 0.2) is 4.99 Å². The van der Waals surface area contributed by atoms with E-state index in [2.05, 4.69) is 10.3 Å². The van der Waals surface area contributed by atoms with Crippen LogP contribution >= 0.6 is 0 Å². The topological polar surface area (TPSA) is 68.9 Å². The van der Waals surface area contributed by atoms with Crippen molar-refractivity contribution in [3.63, 3.8) is 0 Å². The van der Waals surface area contributed by atoms with Crippen LogP contribution in [0.5, 0.6) is 0 Å². The molecule has 4 aliphatic rings. The fraction of sp³-hybridized carbons (Fsp3) is 0.933. The van der Waals surface area contributed by atoms with E-state index in [0.717, 1.165) is 26.1 Å². The van der Waals surface area contributed by atoms with Gasteiger partial charge in [-0.1, -0.05) is 6.42 Å². The third-order valence-corrected chi connectivity index (χ3v) is 5.83. The van der Waals surface area contributed by atoms with Gasteiger partial charge >= 0.3 is 0 Å². The van der Waals surface area contributed by atoms with Crippen LogP contribution < -0.4 is 11.1 Å². The molecule has 2 saturated heterocycles. The fourth-order valence-corrected chi connectivity index (χ4v) is 4.65. The van der Waals surface area contributed by atoms with Gasteiger partial charge < -0.3 is 20.5 Å². The summed E-state index contributed by atoms with van der Waals surface area (Å²) in [5.41, 5.74) is 6.45. The number of nitrogens with two attached hydrogens (primary N) is 1. The maximum atomic E-state index is 6.09. The van der Waals surface area contributed by atoms with Crippen molar-refractivity contribution < 1.29 is 9.47 Å². The van der Waals surface area contributed by atoms with E-state index in [1.807, 2.05) is 0 Å². The van der Waals surface area contributed by atoms with Crippen molar-refractivity contribution >= 4 is 5.96 Å². The predicted octanol–water partition coefficient (Wildman–Crippen LogP) is 1.03. The van der Waals surface area contributed by atoms with E-state index < -0.39 is 0 Å². The Labute approximate surface area is 120 Å². The molecule has 1 spiro atoms. The van der Waals surface area contributed by atoms with Crippen molar-refractivity contribution in [3.05, 3.63) is 0 Å². The Morgan fingerprint density at radius 1 is 1.20 bits per heavy atom. The maximum Gasteiger partial charge on any atom is 0.188 e. The summed E-state index contributed by atoms with van der Waals surface area (Å²) in [4.78, 5) is 4.48. The summed E-state index contributed by atoms with van der Waals surface area (Å²) in [6.45, 7) is 2.49. The summed E-state index contributed by atoms with van der Waals surface area (Å²) < 4.78 is 11.5. The van der Waals surface area contributed by atoms with Crippen molar-refractivity contribution in [2.24, 2.45) is 22.1 Å². The van der Waals surface area contributed by atoms with Gasteiger partial charge in [-0.05, 0) is 32.1 Å². The van der Waals surface area contributed by atoms with Crippen LogP contribution in [-0.2, 0) is 9.47 Å². The van der Waals surface area contributed by atoms with E-state index in [-0.39, 0.29) is 6.10 Å². The Balaban J connectivity index is 1.36. The van der Waals surface area contributed by atoms with Crippen LogP contribution in [0.4, 0.5) is 0 Å². The molecule has 4 rings (SSSR count). The van der Waals surface area contributed by atoms with E-state index in [1.54, 1.807) is 0 Å². The average Bonchev–Trinajstić information content (AvgIpc) is 3.02. The van der Waals surface area contributed by atoms with E-state index in [4.69, 9.17) is 15.2 Å². The van der Waals surface area contributed by atoms with Crippen molar-refractivity contribution in [1.82, 2.24) is 5.32 Å². The first-order valence-electron chi connectivity index (χ1n) is 8.09. The zero-order valence-corrected chi connectivity index (χ0v) is 12.0. The number of nitrogens with zero attached hydrogens (tertiary/aromatic N) is 1. The third kappa shape index (κ3) is 1.86. The van der Waals surface area contributed by atoms with E-state index >= 15 is 0 Å². The minimum Gasteiger partial charge on any atom is -0.377 e. The normalized spacial score (nSPS) is 42.1. The van der Waals surface area contributed by atoms with Crippen molar-refractivity contribution in [2.45, 2.75) is 56.8 Å². The Kier molecular flexibility index (Phi) is 3.15. The first kappa shape index (κ1) is 12.9. The highest BCUT2D eigenvalue weighted by atomic mass is 16.5. The summed E-state index contributed by atoms with van der Waals surface area (Å²) in [5.74, 6) is 1.24. The van der Waals surface area contributed by atoms with Gasteiger partial charge in [-0.15, -0.1) is 0 Å². The number of hydrogen-bond donors (Lipinski definition) is 2. The summed E-state index contributed by atoms with van der Waals surface area (Å²) in [5, 5.41) is 3.50. The van der Waals surface area contributed by atoms with Crippen LogP contribution in [-0.4, -0.2) is 44.0 Å². The quantitative estimate of drug-likeness (QED) is 0.598. The fourth-order valence-electron chi connectivity index (χ4n) is 4.65. The van der Waals surface area contributed by atoms with Gasteiger partial charge in [-0.3, -0.25) is 4.99 Å². The molecule has 4 atom stereocenters. The van der Waals surface area contributed by atoms with Crippen LogP contribution in [0, 0.1) is 11.3 Å². The number of hydrogen-bond acceptors (Lipinski definition) is 3. The summed E-state index contributed by atoms with van der Waals surface area (Å²) in [6.07, 6.45) is 8.09. The predicted molar refractivity (Wildman–Crippen MR) is 76.5 cm³/mol. The summed E-state index contributed by atoms with van der Waals surface area (Å²) in [6, 6.07) is 0.483. The Hall–Kier alpha value is -0.810. The molecule has 2 aliphatic heterocycles. The highest BCUT2D eigenvalue weighted by Crippen LogP contribution is 2.62. The Bertz CT molecular complexity index is 402. The van der Waals surface area contributed by atoms with Crippen LogP contribution in [0.2, 0.25) is 0 Å². The van der Waals surface area contributed by atoms with E-state index in [9.17, 15) is 0 Å². The van der Waals surface area contributed by atoms with Crippen LogP contribution in [0.25, 0.3) is 0 Å². The van der Waals surface area contributed by atoms with Crippen molar-refractivity contribution in [3.8, 4) is 0 Å². The highest BCUT2D eigenvalue weighted by molar-refractivity contribution is 5.78. The number of rotatable bonds is 3. The van der Waals surface area contributed by atoms with Gasteiger partial charge in [-0.25, -0.2) is 0 Å². The Morgan fingerprint density at radius 2 is 2.10 bits per heavy atom. The molecule has 2 saturated carbocycles. The molecule has 0 aromatic rings. The SMILES string of the molecule is NC(=NCC1CCCO1)NC1C2CCOC2C12CCC2. The zero-order chi connectivity index (χ0) is 13.6. The largest absolute Gasteiger partial charge is 0.377 e. The van der Waals surface area contributed by atoms with E-state index in [0.29, 0.717) is 36.0 Å². The van der Waals surface area contributed by atoms with Gasteiger partial charge in [0.1, 0.15) is 0 Å². The van der Waals surface area contributed by atoms with Gasteiger partial charge in [0, 0.05) is 30.6 Å². The van der Waals surface area contributed by atoms with Crippen molar-refractivity contribution in [2.75, 3.05) is 19.8 Å². The number of aliphatic imine (C=N–C) groups is 1. The maximum absolute atomic E-state index is 6.09. The molecule has 4 fully saturated rings. The Morgan fingerprint density at radius 3 is 2.80 bits per heavy atom. The van der Waals surface area contributed by atoms with Gasteiger partial charge in [0.05, 0.1) is 18.8 Å². The summed E-state index contributed by atoms with van der Waals surface area (Å²) in [7, 11) is 0. The zero-order valence-electron chi connectivity index (χ0n) is 12.0. The molecule has 5 heteroatoms. The lowest BCUT2D eigenvalue weighted by molar-refractivity contribution is -0.171. The first-order valence-corrected chi connectivity index (χ1v) is 8.09. The molecule has 2 aliphatic carbocycles. The minimum absolute atomic E-state index is 0.275. The molecular formula is C15H25N3O2. The molecule has 0 aromatic heterocycles. The smallest absolute Gasteiger partial charge is 0.188 e. The molecule has 112 valence electrons. The summed E-state index contributed by atoms with van der Waals surface area (Å²) >= 11 is 0. The first-order chi connectivity index (χ1) is 9.79. The van der Waals surface area contributed by atoms with Gasteiger partial charge in [0.25, 0.3) is 0 Å². The number of fused-ring (bicyclic) bond motifs is 2. The standard InChI is InChI=1S/C15H25N3O2/c16-14(17-9-10-3-1-7-19-10)18-12-11-4-8-20-13(11)15(12)5-2-6-15/h10-13H,1-9H2,(H3,16,17,18). The molecule has 3 N–H and O–H groups in total.